The van der Waals surface area contributed by atoms with E-state index in [0.717, 1.165) is 29.7 Å². The summed E-state index contributed by atoms with van der Waals surface area (Å²) in [4.78, 5) is 30.9. The third kappa shape index (κ3) is 4.31. The van der Waals surface area contributed by atoms with Crippen molar-refractivity contribution in [2.24, 2.45) is 10.9 Å². The van der Waals surface area contributed by atoms with Gasteiger partial charge in [-0.05, 0) is 49.9 Å². The van der Waals surface area contributed by atoms with Crippen molar-refractivity contribution in [3.63, 3.8) is 0 Å². The first-order valence-electron chi connectivity index (χ1n) is 11.0. The molecule has 0 bridgehead atoms. The van der Waals surface area contributed by atoms with Gasteiger partial charge in [-0.1, -0.05) is 36.4 Å². The molecule has 1 fully saturated rings. The Morgan fingerprint density at radius 2 is 1.91 bits per heavy atom. The first-order chi connectivity index (χ1) is 15.5. The summed E-state index contributed by atoms with van der Waals surface area (Å²) in [6.45, 7) is 4.15. The first-order valence-corrected chi connectivity index (χ1v) is 11.0. The summed E-state index contributed by atoms with van der Waals surface area (Å²) in [5.74, 6) is -1.10. The standard InChI is InChI=1S/C26H27NO5/c1-3-31-22-14-18(12-13-20(22)28)24-23(26(30)32-15-17-8-5-4-6-9-17)16(2)27-19-10-7-11-21(29)25(19)24/h4-6,8-9,12-14,24-25,28H,3,7,10-11,15H2,1-2H3. The number of fused-ring (bicyclic) bond motifs is 1. The summed E-state index contributed by atoms with van der Waals surface area (Å²) < 4.78 is 11.2. The van der Waals surface area contributed by atoms with E-state index >= 15 is 0 Å². The van der Waals surface area contributed by atoms with Gasteiger partial charge in [-0.25, -0.2) is 4.79 Å². The molecule has 1 heterocycles. The Bertz CT molecular complexity index is 1090. The fraction of sp³-hybridized carbons (Fsp3) is 0.346. The maximum absolute atomic E-state index is 13.3. The largest absolute Gasteiger partial charge is 0.504 e. The molecule has 2 atom stereocenters. The smallest absolute Gasteiger partial charge is 0.336 e. The number of carbonyl (C=O) groups excluding carboxylic acids is 2. The number of carbonyl (C=O) groups is 2. The van der Waals surface area contributed by atoms with Gasteiger partial charge in [-0.3, -0.25) is 9.79 Å². The van der Waals surface area contributed by atoms with Gasteiger partial charge in [0.05, 0.1) is 18.1 Å². The number of phenols is 1. The van der Waals surface area contributed by atoms with Crippen molar-refractivity contribution in [1.29, 1.82) is 0 Å². The third-order valence-electron chi connectivity index (χ3n) is 5.98. The highest BCUT2D eigenvalue weighted by atomic mass is 16.5. The van der Waals surface area contributed by atoms with Crippen LogP contribution in [0.2, 0.25) is 0 Å². The average Bonchev–Trinajstić information content (AvgIpc) is 2.79. The average molecular weight is 434 g/mol. The zero-order valence-corrected chi connectivity index (χ0v) is 18.3. The number of aliphatic imine (C=N–C) groups is 1. The lowest BCUT2D eigenvalue weighted by Gasteiger charge is -2.35. The minimum absolute atomic E-state index is 0.0178. The Hall–Kier alpha value is -3.41. The van der Waals surface area contributed by atoms with Gasteiger partial charge in [0.2, 0.25) is 0 Å². The number of aromatic hydroxyl groups is 1. The Kier molecular flexibility index (Phi) is 6.40. The van der Waals surface area contributed by atoms with Gasteiger partial charge in [0.1, 0.15) is 12.4 Å². The molecule has 32 heavy (non-hydrogen) atoms. The second-order valence-corrected chi connectivity index (χ2v) is 8.10. The summed E-state index contributed by atoms with van der Waals surface area (Å²) in [5, 5.41) is 10.2. The molecule has 0 saturated heterocycles. The molecule has 6 nitrogen and oxygen atoms in total. The second-order valence-electron chi connectivity index (χ2n) is 8.10. The van der Waals surface area contributed by atoms with Crippen molar-refractivity contribution in [1.82, 2.24) is 0 Å². The lowest BCUT2D eigenvalue weighted by molar-refractivity contribution is -0.140. The SMILES string of the molecule is CCOc1cc(C2C(C(=O)OCc3ccccc3)=C(C)N=C3CCCC(=O)C32)ccc1O. The predicted octanol–water partition coefficient (Wildman–Crippen LogP) is 4.72. The van der Waals surface area contributed by atoms with Gasteiger partial charge in [0, 0.05) is 23.7 Å². The van der Waals surface area contributed by atoms with Crippen LogP contribution in [0, 0.1) is 5.92 Å². The van der Waals surface area contributed by atoms with Crippen molar-refractivity contribution < 1.29 is 24.2 Å². The number of ether oxygens (including phenoxy) is 2. The number of benzene rings is 2. The minimum Gasteiger partial charge on any atom is -0.504 e. The zero-order chi connectivity index (χ0) is 22.7. The van der Waals surface area contributed by atoms with Crippen LogP contribution < -0.4 is 4.74 Å². The minimum atomic E-state index is -0.529. The van der Waals surface area contributed by atoms with E-state index in [0.29, 0.717) is 30.0 Å². The molecule has 0 aromatic heterocycles. The van der Waals surface area contributed by atoms with Gasteiger partial charge in [0.15, 0.2) is 11.5 Å². The van der Waals surface area contributed by atoms with E-state index in [-0.39, 0.29) is 18.1 Å². The number of hydrogen-bond donors (Lipinski definition) is 1. The first kappa shape index (κ1) is 21.8. The molecule has 0 amide bonds. The number of esters is 1. The van der Waals surface area contributed by atoms with Crippen molar-refractivity contribution in [2.45, 2.75) is 45.6 Å². The molecular weight excluding hydrogens is 406 g/mol. The maximum Gasteiger partial charge on any atom is 0.336 e. The Morgan fingerprint density at radius 3 is 2.66 bits per heavy atom. The van der Waals surface area contributed by atoms with Crippen LogP contribution in [-0.4, -0.2) is 29.2 Å². The molecule has 1 saturated carbocycles. The van der Waals surface area contributed by atoms with E-state index in [1.54, 1.807) is 25.1 Å². The van der Waals surface area contributed by atoms with Gasteiger partial charge < -0.3 is 14.6 Å². The molecule has 1 N–H and O–H groups in total. The van der Waals surface area contributed by atoms with Crippen molar-refractivity contribution in [3.8, 4) is 11.5 Å². The number of nitrogens with zero attached hydrogens (tertiary/aromatic N) is 1. The number of phenolic OH excluding ortho intramolecular Hbond substituents is 1. The van der Waals surface area contributed by atoms with Crippen LogP contribution in [-0.2, 0) is 20.9 Å². The zero-order valence-electron chi connectivity index (χ0n) is 18.3. The molecule has 6 heteroatoms. The molecule has 2 unspecified atom stereocenters. The molecule has 0 radical (unpaired) electrons. The highest BCUT2D eigenvalue weighted by Crippen LogP contribution is 2.44. The van der Waals surface area contributed by atoms with Crippen molar-refractivity contribution in [3.05, 3.63) is 70.9 Å². The number of Topliss-reactive ketones (excluding diaryl/α,β-unsaturated/α-hetero) is 1. The van der Waals surface area contributed by atoms with Crippen LogP contribution in [0.1, 0.15) is 50.2 Å². The van der Waals surface area contributed by atoms with Gasteiger partial charge in [-0.15, -0.1) is 0 Å². The van der Waals surface area contributed by atoms with Crippen LogP contribution in [0.15, 0.2) is 64.8 Å². The molecule has 166 valence electrons. The van der Waals surface area contributed by atoms with Crippen LogP contribution >= 0.6 is 0 Å². The number of ketones is 1. The van der Waals surface area contributed by atoms with Crippen LogP contribution in [0.4, 0.5) is 0 Å². The normalized spacial score (nSPS) is 20.4. The van der Waals surface area contributed by atoms with E-state index in [1.807, 2.05) is 37.3 Å². The topological polar surface area (TPSA) is 85.2 Å². The summed E-state index contributed by atoms with van der Waals surface area (Å²) in [6, 6.07) is 14.5. The van der Waals surface area contributed by atoms with Crippen LogP contribution in [0.3, 0.4) is 0 Å². The van der Waals surface area contributed by atoms with E-state index in [2.05, 4.69) is 4.99 Å². The lowest BCUT2D eigenvalue weighted by Crippen LogP contribution is -2.39. The molecule has 0 spiro atoms. The van der Waals surface area contributed by atoms with Crippen LogP contribution in [0.25, 0.3) is 0 Å². The Labute approximate surface area is 187 Å². The summed E-state index contributed by atoms with van der Waals surface area (Å²) >= 11 is 0. The van der Waals surface area contributed by atoms with Crippen molar-refractivity contribution in [2.75, 3.05) is 6.61 Å². The monoisotopic (exact) mass is 433 g/mol. The molecule has 2 aromatic carbocycles. The van der Waals surface area contributed by atoms with Crippen molar-refractivity contribution >= 4 is 17.5 Å². The summed E-state index contributed by atoms with van der Waals surface area (Å²) in [5.41, 5.74) is 3.38. The van der Waals surface area contributed by atoms with Gasteiger partial charge >= 0.3 is 5.97 Å². The molecule has 2 aliphatic rings. The fourth-order valence-corrected chi connectivity index (χ4v) is 4.54. The van der Waals surface area contributed by atoms with E-state index in [4.69, 9.17) is 9.47 Å². The molecule has 4 rings (SSSR count). The number of hydrogen-bond acceptors (Lipinski definition) is 6. The fourth-order valence-electron chi connectivity index (χ4n) is 4.54. The van der Waals surface area contributed by atoms with Gasteiger partial charge in [-0.2, -0.15) is 0 Å². The summed E-state index contributed by atoms with van der Waals surface area (Å²) in [7, 11) is 0. The molecular formula is C26H27NO5. The Balaban J connectivity index is 1.74. The lowest BCUT2D eigenvalue weighted by atomic mass is 9.69. The molecule has 1 aliphatic heterocycles. The number of allylic oxidation sites excluding steroid dienone is 1. The summed E-state index contributed by atoms with van der Waals surface area (Å²) in [6.07, 6.45) is 1.96. The predicted molar refractivity (Wildman–Crippen MR) is 121 cm³/mol. The molecule has 1 aliphatic carbocycles. The van der Waals surface area contributed by atoms with E-state index in [1.165, 1.54) is 0 Å². The maximum atomic E-state index is 13.3. The van der Waals surface area contributed by atoms with Crippen LogP contribution in [0.5, 0.6) is 11.5 Å². The Morgan fingerprint density at radius 1 is 1.12 bits per heavy atom. The number of rotatable bonds is 6. The van der Waals surface area contributed by atoms with Gasteiger partial charge in [0.25, 0.3) is 0 Å². The highest BCUT2D eigenvalue weighted by Gasteiger charge is 2.44. The third-order valence-corrected chi connectivity index (χ3v) is 5.98. The molecule has 2 aromatic rings. The van der Waals surface area contributed by atoms with E-state index in [9.17, 15) is 14.7 Å². The highest BCUT2D eigenvalue weighted by molar-refractivity contribution is 6.11. The van der Waals surface area contributed by atoms with E-state index < -0.39 is 17.8 Å². The quantitative estimate of drug-likeness (QED) is 0.667. The second kappa shape index (κ2) is 9.39.